The van der Waals surface area contributed by atoms with Crippen molar-refractivity contribution in [2.75, 3.05) is 12.4 Å². The molecule has 1 aromatic heterocycles. The first-order valence-electron chi connectivity index (χ1n) is 5.57. The minimum atomic E-state index is -0.596. The zero-order chi connectivity index (χ0) is 13.8. The predicted molar refractivity (Wildman–Crippen MR) is 66.1 cm³/mol. The van der Waals surface area contributed by atoms with Gasteiger partial charge in [-0.15, -0.1) is 5.10 Å². The minimum Gasteiger partial charge on any atom is -0.465 e. The standard InChI is InChI=1S/C12H13FN4O2/c1-17-7-9(15-16-17)6-14-11-4-3-8(13)5-10(11)12(18)19-2/h3-5,7,14H,6H2,1-2H3. The average Bonchev–Trinajstić information content (AvgIpc) is 2.82. The van der Waals surface area contributed by atoms with Crippen LogP contribution in [-0.2, 0) is 18.3 Å². The van der Waals surface area contributed by atoms with Gasteiger partial charge in [0.1, 0.15) is 11.5 Å². The number of nitrogens with zero attached hydrogens (tertiary/aromatic N) is 3. The second-order valence-electron chi connectivity index (χ2n) is 3.92. The Morgan fingerprint density at radius 1 is 1.53 bits per heavy atom. The summed E-state index contributed by atoms with van der Waals surface area (Å²) >= 11 is 0. The molecule has 0 saturated heterocycles. The van der Waals surface area contributed by atoms with E-state index in [2.05, 4.69) is 20.4 Å². The summed E-state index contributed by atoms with van der Waals surface area (Å²) in [6.07, 6.45) is 1.74. The van der Waals surface area contributed by atoms with E-state index in [0.29, 0.717) is 17.9 Å². The molecule has 0 aliphatic carbocycles. The molecular formula is C12H13FN4O2. The van der Waals surface area contributed by atoms with E-state index in [-0.39, 0.29) is 5.56 Å². The van der Waals surface area contributed by atoms with E-state index in [1.165, 1.54) is 19.2 Å². The highest BCUT2D eigenvalue weighted by atomic mass is 19.1. The molecular weight excluding hydrogens is 251 g/mol. The van der Waals surface area contributed by atoms with Crippen molar-refractivity contribution in [2.24, 2.45) is 7.05 Å². The van der Waals surface area contributed by atoms with Crippen LogP contribution in [0.4, 0.5) is 10.1 Å². The Kier molecular flexibility index (Phi) is 3.74. The van der Waals surface area contributed by atoms with Crippen LogP contribution in [0, 0.1) is 5.82 Å². The van der Waals surface area contributed by atoms with Gasteiger partial charge in [-0.25, -0.2) is 9.18 Å². The van der Waals surface area contributed by atoms with Gasteiger partial charge < -0.3 is 10.1 Å². The summed E-state index contributed by atoms with van der Waals surface area (Å²) < 4.78 is 19.3. The maximum Gasteiger partial charge on any atom is 0.340 e. The number of benzene rings is 1. The summed E-state index contributed by atoms with van der Waals surface area (Å²) in [6, 6.07) is 3.88. The van der Waals surface area contributed by atoms with Crippen molar-refractivity contribution in [3.8, 4) is 0 Å². The predicted octanol–water partition coefficient (Wildman–Crippen LogP) is 1.35. The summed E-state index contributed by atoms with van der Waals surface area (Å²) in [5.41, 5.74) is 1.34. The van der Waals surface area contributed by atoms with Crippen molar-refractivity contribution < 1.29 is 13.9 Å². The van der Waals surface area contributed by atoms with Gasteiger partial charge in [0, 0.05) is 18.9 Å². The first kappa shape index (κ1) is 13.0. The number of carbonyl (C=O) groups excluding carboxylic acids is 1. The number of halogens is 1. The molecule has 0 bridgehead atoms. The third kappa shape index (κ3) is 3.06. The number of ether oxygens (including phenoxy) is 1. The molecule has 100 valence electrons. The van der Waals surface area contributed by atoms with E-state index in [1.807, 2.05) is 0 Å². The summed E-state index contributed by atoms with van der Waals surface area (Å²) in [5.74, 6) is -1.09. The number of rotatable bonds is 4. The number of esters is 1. The van der Waals surface area contributed by atoms with Crippen molar-refractivity contribution in [2.45, 2.75) is 6.54 Å². The molecule has 1 N–H and O–H groups in total. The van der Waals surface area contributed by atoms with Crippen LogP contribution in [0.5, 0.6) is 0 Å². The second-order valence-corrected chi connectivity index (χ2v) is 3.92. The smallest absolute Gasteiger partial charge is 0.340 e. The number of aryl methyl sites for hydroxylation is 1. The van der Waals surface area contributed by atoms with E-state index in [1.54, 1.807) is 17.9 Å². The molecule has 7 heteroatoms. The van der Waals surface area contributed by atoms with Gasteiger partial charge in [0.2, 0.25) is 0 Å². The highest BCUT2D eigenvalue weighted by Gasteiger charge is 2.13. The van der Waals surface area contributed by atoms with Crippen LogP contribution in [0.1, 0.15) is 16.1 Å². The first-order valence-corrected chi connectivity index (χ1v) is 5.57. The van der Waals surface area contributed by atoms with Crippen molar-refractivity contribution in [3.05, 3.63) is 41.5 Å². The highest BCUT2D eigenvalue weighted by Crippen LogP contribution is 2.18. The van der Waals surface area contributed by atoms with Crippen molar-refractivity contribution in [1.82, 2.24) is 15.0 Å². The molecule has 2 rings (SSSR count). The summed E-state index contributed by atoms with van der Waals surface area (Å²) in [5, 5.41) is 10.7. The van der Waals surface area contributed by atoms with Gasteiger partial charge in [0.15, 0.2) is 0 Å². The Morgan fingerprint density at radius 3 is 2.95 bits per heavy atom. The first-order chi connectivity index (χ1) is 9.10. The van der Waals surface area contributed by atoms with Crippen molar-refractivity contribution >= 4 is 11.7 Å². The van der Waals surface area contributed by atoms with Crippen LogP contribution in [-0.4, -0.2) is 28.1 Å². The molecule has 2 aromatic rings. The molecule has 0 aliphatic heterocycles. The van der Waals surface area contributed by atoms with E-state index in [0.717, 1.165) is 6.07 Å². The topological polar surface area (TPSA) is 69.0 Å². The summed E-state index contributed by atoms with van der Waals surface area (Å²) in [7, 11) is 3.01. The number of anilines is 1. The number of carbonyl (C=O) groups is 1. The molecule has 0 radical (unpaired) electrons. The molecule has 0 fully saturated rings. The van der Waals surface area contributed by atoms with Crippen LogP contribution in [0.25, 0.3) is 0 Å². The minimum absolute atomic E-state index is 0.145. The number of nitrogens with one attached hydrogen (secondary N) is 1. The number of hydrogen-bond donors (Lipinski definition) is 1. The molecule has 1 heterocycles. The van der Waals surface area contributed by atoms with Crippen LogP contribution in [0.15, 0.2) is 24.4 Å². The maximum atomic E-state index is 13.1. The zero-order valence-electron chi connectivity index (χ0n) is 10.6. The summed E-state index contributed by atoms with van der Waals surface area (Å²) in [6.45, 7) is 0.378. The van der Waals surface area contributed by atoms with E-state index in [9.17, 15) is 9.18 Å². The molecule has 0 atom stereocenters. The lowest BCUT2D eigenvalue weighted by Gasteiger charge is -2.09. The third-order valence-electron chi connectivity index (χ3n) is 2.50. The van der Waals surface area contributed by atoms with E-state index < -0.39 is 11.8 Å². The molecule has 0 amide bonds. The molecule has 0 spiro atoms. The van der Waals surface area contributed by atoms with Crippen molar-refractivity contribution in [3.63, 3.8) is 0 Å². The zero-order valence-corrected chi connectivity index (χ0v) is 10.6. The fraction of sp³-hybridized carbons (Fsp3) is 0.250. The van der Waals surface area contributed by atoms with Gasteiger partial charge in [-0.05, 0) is 18.2 Å². The quantitative estimate of drug-likeness (QED) is 0.844. The van der Waals surface area contributed by atoms with Crippen LogP contribution >= 0.6 is 0 Å². The molecule has 0 saturated carbocycles. The molecule has 0 aliphatic rings. The number of hydrogen-bond acceptors (Lipinski definition) is 5. The highest BCUT2D eigenvalue weighted by molar-refractivity contribution is 5.95. The third-order valence-corrected chi connectivity index (χ3v) is 2.50. The van der Waals surface area contributed by atoms with Gasteiger partial charge in [-0.2, -0.15) is 0 Å². The fourth-order valence-electron chi connectivity index (χ4n) is 1.61. The largest absolute Gasteiger partial charge is 0.465 e. The van der Waals surface area contributed by atoms with Gasteiger partial charge in [0.05, 0.1) is 19.2 Å². The fourth-order valence-corrected chi connectivity index (χ4v) is 1.61. The molecule has 6 nitrogen and oxygen atoms in total. The lowest BCUT2D eigenvalue weighted by Crippen LogP contribution is -2.09. The second kappa shape index (κ2) is 5.47. The van der Waals surface area contributed by atoms with Gasteiger partial charge >= 0.3 is 5.97 Å². The summed E-state index contributed by atoms with van der Waals surface area (Å²) in [4.78, 5) is 11.5. The maximum absolute atomic E-state index is 13.1. The van der Waals surface area contributed by atoms with E-state index in [4.69, 9.17) is 0 Å². The monoisotopic (exact) mass is 264 g/mol. The van der Waals surface area contributed by atoms with Crippen LogP contribution in [0.2, 0.25) is 0 Å². The SMILES string of the molecule is COC(=O)c1cc(F)ccc1NCc1cn(C)nn1. The number of methoxy groups -OCH3 is 1. The molecule has 1 aromatic carbocycles. The normalized spacial score (nSPS) is 10.3. The van der Waals surface area contributed by atoms with Gasteiger partial charge in [-0.3, -0.25) is 4.68 Å². The van der Waals surface area contributed by atoms with E-state index >= 15 is 0 Å². The van der Waals surface area contributed by atoms with Gasteiger partial charge in [-0.1, -0.05) is 5.21 Å². The van der Waals surface area contributed by atoms with Crippen molar-refractivity contribution in [1.29, 1.82) is 0 Å². The molecule has 19 heavy (non-hydrogen) atoms. The van der Waals surface area contributed by atoms with Gasteiger partial charge in [0.25, 0.3) is 0 Å². The Hall–Kier alpha value is -2.44. The van der Waals surface area contributed by atoms with Crippen LogP contribution < -0.4 is 5.32 Å². The Bertz CT molecular complexity index is 597. The van der Waals surface area contributed by atoms with Crippen LogP contribution in [0.3, 0.4) is 0 Å². The lowest BCUT2D eigenvalue weighted by atomic mass is 10.1. The lowest BCUT2D eigenvalue weighted by molar-refractivity contribution is 0.0601. The Labute approximate surface area is 109 Å². The Balaban J connectivity index is 2.17. The Morgan fingerprint density at radius 2 is 2.32 bits per heavy atom. The number of aromatic nitrogens is 3. The molecule has 0 unspecified atom stereocenters. The average molecular weight is 264 g/mol.